The van der Waals surface area contributed by atoms with E-state index in [1.807, 2.05) is 263 Å². The summed E-state index contributed by atoms with van der Waals surface area (Å²) in [5.74, 6) is 11.6. The third-order valence-corrected chi connectivity index (χ3v) is 23.1. The predicted molar refractivity (Wildman–Crippen MR) is 669 cm³/mol. The zero-order chi connectivity index (χ0) is 105. The molecule has 20 rings (SSSR count). The highest BCUT2D eigenvalue weighted by Crippen LogP contribution is 2.41. The lowest BCUT2D eigenvalue weighted by Crippen LogP contribution is -2.42. The molecule has 0 aromatic heterocycles. The molecule has 21 nitrogen and oxygen atoms in total. The van der Waals surface area contributed by atoms with E-state index in [0.29, 0.717) is 26.1 Å². The Morgan fingerprint density at radius 2 is 0.655 bits per heavy atom. The van der Waals surface area contributed by atoms with E-state index in [2.05, 4.69) is 77.4 Å². The molecule has 145 heavy (non-hydrogen) atoms. The molecule has 892 valence electrons. The SMILES string of the molecule is C.C.C.C.C.C.C.C.C1CC2CC2N1.C1CCCNCC1.C1CCCOCC1.C1CCNCC1.C1CCOCC1.C1CNCCN1.C1COCCN1.C1COCOC1.C1COCSC1.C1CSCCN1.C1NCC2CC12.CC.CC.CC.CC.CC.CC.CC.CC.CC.CC.CC.CC.CC.CC.CC.COC1CCCC2CNCC21.O=CN1CCNCC1.c1ccc2c(c1)CCCC2.c1ccc2c(c1)OCCO2. The second-order valence-corrected chi connectivity index (χ2v) is 32.3. The van der Waals surface area contributed by atoms with E-state index in [9.17, 15) is 4.79 Å². The van der Waals surface area contributed by atoms with Gasteiger partial charge in [-0.15, -0.1) is 11.8 Å². The van der Waals surface area contributed by atoms with Crippen molar-refractivity contribution in [2.75, 3.05) is 247 Å². The van der Waals surface area contributed by atoms with Gasteiger partial charge in [0.25, 0.3) is 0 Å². The van der Waals surface area contributed by atoms with Gasteiger partial charge in [0.2, 0.25) is 6.41 Å². The zero-order valence-corrected chi connectivity index (χ0v) is 98.8. The van der Waals surface area contributed by atoms with Gasteiger partial charge in [-0.25, -0.2) is 0 Å². The molecule has 3 saturated carbocycles. The van der Waals surface area contributed by atoms with Crippen molar-refractivity contribution >= 4 is 29.9 Å². The minimum absolute atomic E-state index is 0. The normalized spacial score (nSPS) is 20.8. The third kappa shape index (κ3) is 130. The summed E-state index contributed by atoms with van der Waals surface area (Å²) >= 11 is 3.91. The van der Waals surface area contributed by atoms with Gasteiger partial charge in [-0.2, -0.15) is 11.8 Å². The Bertz CT molecular complexity index is 1910. The number of fused-ring (bicyclic) bond motifs is 5. The molecular weight excluding hydrogens is 1840 g/mol. The molecule has 14 aliphatic heterocycles. The highest BCUT2D eigenvalue weighted by atomic mass is 32.2. The fourth-order valence-electron chi connectivity index (χ4n) is 14.4. The Morgan fingerprint density at radius 3 is 0.910 bits per heavy atom. The maximum atomic E-state index is 10.1. The van der Waals surface area contributed by atoms with Crippen LogP contribution in [0.4, 0.5) is 0 Å². The average Bonchev–Trinajstić information content (AvgIpc) is 1.67. The Kier molecular flexibility index (Phi) is 222. The number of piperazine rings is 2. The molecule has 4 aliphatic carbocycles. The Labute approximate surface area is 923 Å². The lowest BCUT2D eigenvalue weighted by atomic mass is 9.79. The first kappa shape index (κ1) is 184. The summed E-state index contributed by atoms with van der Waals surface area (Å²) in [4.78, 5) is 11.8. The van der Waals surface area contributed by atoms with E-state index in [0.717, 1.165) is 191 Å². The number of para-hydroxylation sites is 2. The molecular formula is C122H277N11O10S2. The second kappa shape index (κ2) is 175. The van der Waals surface area contributed by atoms with Crippen molar-refractivity contribution in [2.45, 2.75) is 446 Å². The number of aryl methyl sites for hydroxylation is 2. The first-order valence-electron chi connectivity index (χ1n) is 58.1. The number of nitrogens with zero attached hydrogens (tertiary/aromatic N) is 1. The monoisotopic (exact) mass is 2120 g/mol. The molecule has 7 atom stereocenters. The van der Waals surface area contributed by atoms with Crippen molar-refractivity contribution in [3.63, 3.8) is 0 Å². The molecule has 1 amide bonds. The van der Waals surface area contributed by atoms with Crippen LogP contribution in [-0.4, -0.2) is 271 Å². The maximum absolute atomic E-state index is 10.1. The van der Waals surface area contributed by atoms with Crippen LogP contribution >= 0.6 is 23.5 Å². The van der Waals surface area contributed by atoms with Gasteiger partial charge < -0.3 is 101 Å². The van der Waals surface area contributed by atoms with Crippen LogP contribution in [0.1, 0.15) is 432 Å². The largest absolute Gasteiger partial charge is 0.486 e. The number of rotatable bonds is 2. The number of hydrogen-bond acceptors (Lipinski definition) is 22. The summed E-state index contributed by atoms with van der Waals surface area (Å²) in [5, 5.41) is 32.8. The molecule has 7 unspecified atom stereocenters. The van der Waals surface area contributed by atoms with Gasteiger partial charge >= 0.3 is 0 Å². The van der Waals surface area contributed by atoms with Crippen LogP contribution in [0.15, 0.2) is 48.5 Å². The minimum atomic E-state index is 0. The van der Waals surface area contributed by atoms with Gasteiger partial charge in [-0.3, -0.25) is 4.79 Å². The molecule has 18 aliphatic rings. The van der Waals surface area contributed by atoms with Crippen LogP contribution < -0.4 is 62.6 Å². The van der Waals surface area contributed by atoms with Crippen molar-refractivity contribution in [3.05, 3.63) is 59.7 Å². The van der Waals surface area contributed by atoms with Crippen LogP contribution in [0.25, 0.3) is 0 Å². The molecule has 2 aromatic carbocycles. The Balaban J connectivity index is -0.0000000730. The van der Waals surface area contributed by atoms with Crippen molar-refractivity contribution in [3.8, 4) is 11.5 Å². The molecule has 2 aromatic rings. The maximum Gasteiger partial charge on any atom is 0.209 e. The molecule has 10 N–H and O–H groups in total. The number of nitrogens with one attached hydrogen (secondary N) is 10. The van der Waals surface area contributed by atoms with Crippen molar-refractivity contribution in [2.24, 2.45) is 29.6 Å². The number of hydrogen-bond donors (Lipinski definition) is 10. The molecule has 0 bridgehead atoms. The third-order valence-electron chi connectivity index (χ3n) is 21.2. The smallest absolute Gasteiger partial charge is 0.209 e. The number of methoxy groups -OCH3 is 1. The van der Waals surface area contributed by atoms with E-state index in [-0.39, 0.29) is 59.4 Å². The lowest BCUT2D eigenvalue weighted by Gasteiger charge is -2.31. The van der Waals surface area contributed by atoms with Crippen LogP contribution in [-0.2, 0) is 50.8 Å². The Hall–Kier alpha value is -2.47. The highest BCUT2D eigenvalue weighted by molar-refractivity contribution is 7.99. The first-order chi connectivity index (χ1) is 68.2. The lowest BCUT2D eigenvalue weighted by molar-refractivity contribution is -0.118. The van der Waals surface area contributed by atoms with Crippen LogP contribution in [0.3, 0.4) is 0 Å². The molecule has 23 heteroatoms. The summed E-state index contributed by atoms with van der Waals surface area (Å²) in [6.07, 6.45) is 36.7. The van der Waals surface area contributed by atoms with E-state index in [4.69, 9.17) is 42.6 Å². The van der Waals surface area contributed by atoms with E-state index >= 15 is 0 Å². The number of piperidine rings is 3. The van der Waals surface area contributed by atoms with Crippen molar-refractivity contribution in [1.82, 2.24) is 58.1 Å². The number of amides is 1. The number of benzene rings is 2. The van der Waals surface area contributed by atoms with Crippen molar-refractivity contribution < 1.29 is 47.4 Å². The first-order valence-corrected chi connectivity index (χ1v) is 60.4. The zero-order valence-electron chi connectivity index (χ0n) is 97.1. The predicted octanol–water partition coefficient (Wildman–Crippen LogP) is 30.4. The number of ether oxygens (including phenoxy) is 9. The topological polar surface area (TPSA) is 224 Å². The van der Waals surface area contributed by atoms with E-state index in [1.54, 1.807) is 16.0 Å². The number of carbonyl (C=O) groups excluding carboxylic acids is 1. The second-order valence-electron chi connectivity index (χ2n) is 30.0. The van der Waals surface area contributed by atoms with E-state index in [1.165, 1.54) is 250 Å². The summed E-state index contributed by atoms with van der Waals surface area (Å²) in [6.45, 7) is 94.3. The van der Waals surface area contributed by atoms with Gasteiger partial charge in [0, 0.05) is 149 Å². The highest BCUT2D eigenvalue weighted by Gasteiger charge is 2.41. The summed E-state index contributed by atoms with van der Waals surface area (Å²) < 4.78 is 46.1. The minimum Gasteiger partial charge on any atom is -0.486 e. The number of carbonyl (C=O) groups is 1. The molecule has 13 saturated heterocycles. The van der Waals surface area contributed by atoms with Gasteiger partial charge in [-0.1, -0.05) is 342 Å². The standard InChI is InChI=1S/C10H12.C9H17NO.C8H8O2.C6H13N.C6H12O.C5H10N2O.2C5H9N.C5H11N.C5H10O.C4H10N2.C4H9NO.C4H9NS.C4H8O2.C4H8OS.15C2H6.8CH4/c1-2-6-10-8-4-3-7-9(10)5-1;1-11-9-4-2-3-7-5-10-6-8(7)9;1-2-4-8-7(3-1)9-5-6-10-8;2*1-2-4-6-7-5-3-1;8-5-7-3-1-6-2-4-7;1-4-2-6-3-5(1)4;1-2-6-5-3-4(1)5;2*1-2-4-6-5-3-1;1-2-6-4-3-5-1;2*1-3-6-4-2-5-1;2*1-2-5-4-6-3-1;15*1-2;;;;;;;;/h1-2,5-6H,3-4,7-8H2;7-10H,2-6H2,1H3;1-4H,5-6H2;7H,1-6H2;1-6H2;5-6H,1-4H2;2*4-6H,1-3H2;6H,1-5H2;1-5H2;5-6H,1-4H2;2*5H,1-4H2;2*1-4H2;15*1-2H3;8*1H4. The number of thioether (sulfide) groups is 2. The van der Waals surface area contributed by atoms with Gasteiger partial charge in [0.05, 0.1) is 38.5 Å². The number of morpholine rings is 1. The van der Waals surface area contributed by atoms with Crippen molar-refractivity contribution in [1.29, 1.82) is 0 Å². The summed E-state index contributed by atoms with van der Waals surface area (Å²) in [5.41, 5.74) is 3.16. The summed E-state index contributed by atoms with van der Waals surface area (Å²) in [7, 11) is 1.85. The average molecular weight is 2120 g/mol. The Morgan fingerprint density at radius 1 is 0.297 bits per heavy atom. The molecule has 14 heterocycles. The van der Waals surface area contributed by atoms with Crippen LogP contribution in [0.2, 0.25) is 0 Å². The van der Waals surface area contributed by atoms with Gasteiger partial charge in [-0.05, 0) is 233 Å². The van der Waals surface area contributed by atoms with Crippen LogP contribution in [0, 0.1) is 29.6 Å². The fourth-order valence-corrected chi connectivity index (χ4v) is 15.9. The molecule has 0 spiro atoms. The molecule has 16 fully saturated rings. The molecule has 0 radical (unpaired) electrons. The quantitative estimate of drug-likeness (QED) is 0.126. The van der Waals surface area contributed by atoms with Gasteiger partial charge in [0.15, 0.2) is 11.5 Å². The van der Waals surface area contributed by atoms with Gasteiger partial charge in [0.1, 0.15) is 20.0 Å². The van der Waals surface area contributed by atoms with E-state index < -0.39 is 0 Å². The fraction of sp³-hybridized carbons (Fsp3) is 0.893. The van der Waals surface area contributed by atoms with Crippen LogP contribution in [0.5, 0.6) is 11.5 Å². The summed E-state index contributed by atoms with van der Waals surface area (Å²) in [6, 6.07) is 17.5.